The first-order valence-electron chi connectivity index (χ1n) is 6.06. The molecule has 0 spiro atoms. The van der Waals surface area contributed by atoms with E-state index in [1.54, 1.807) is 10.8 Å². The second-order valence-corrected chi connectivity index (χ2v) is 4.66. The topological polar surface area (TPSA) is 87.4 Å². The van der Waals surface area contributed by atoms with Gasteiger partial charge in [-0.25, -0.2) is 4.98 Å². The van der Waals surface area contributed by atoms with Crippen molar-refractivity contribution in [2.75, 3.05) is 18.5 Å². The molecule has 0 atom stereocenters. The van der Waals surface area contributed by atoms with Gasteiger partial charge in [0, 0.05) is 18.4 Å². The number of anilines is 1. The zero-order valence-corrected chi connectivity index (χ0v) is 11.1. The standard InChI is InChI=1S/C12H21N3O3/c1-4-12(7-16,8-17)14-10-11(18)15(9(2)3)6-5-13-10/h5-6,9,16-17H,4,7-8H2,1-3H3,(H,13,14). The lowest BCUT2D eigenvalue weighted by atomic mass is 9.99. The van der Waals surface area contributed by atoms with Gasteiger partial charge >= 0.3 is 0 Å². The lowest BCUT2D eigenvalue weighted by Gasteiger charge is -2.30. The molecule has 0 radical (unpaired) electrons. The van der Waals surface area contributed by atoms with Crippen LogP contribution in [0.3, 0.4) is 0 Å². The van der Waals surface area contributed by atoms with Crippen molar-refractivity contribution in [2.45, 2.75) is 38.8 Å². The molecule has 0 unspecified atom stereocenters. The van der Waals surface area contributed by atoms with Crippen LogP contribution in [0.15, 0.2) is 17.2 Å². The van der Waals surface area contributed by atoms with E-state index < -0.39 is 5.54 Å². The van der Waals surface area contributed by atoms with Crippen molar-refractivity contribution in [2.24, 2.45) is 0 Å². The quantitative estimate of drug-likeness (QED) is 0.683. The van der Waals surface area contributed by atoms with Gasteiger partial charge in [-0.1, -0.05) is 6.92 Å². The Labute approximate surface area is 106 Å². The molecule has 102 valence electrons. The highest BCUT2D eigenvalue weighted by Crippen LogP contribution is 2.14. The van der Waals surface area contributed by atoms with Gasteiger partial charge in [0.15, 0.2) is 5.82 Å². The Morgan fingerprint density at radius 1 is 1.44 bits per heavy atom. The number of aliphatic hydroxyl groups is 2. The molecule has 1 rings (SSSR count). The third-order valence-corrected chi connectivity index (χ3v) is 3.09. The van der Waals surface area contributed by atoms with E-state index in [-0.39, 0.29) is 30.6 Å². The molecule has 0 aliphatic carbocycles. The largest absolute Gasteiger partial charge is 0.394 e. The van der Waals surface area contributed by atoms with Gasteiger partial charge in [0.2, 0.25) is 0 Å². The van der Waals surface area contributed by atoms with E-state index >= 15 is 0 Å². The minimum Gasteiger partial charge on any atom is -0.394 e. The van der Waals surface area contributed by atoms with Crippen LogP contribution in [0.4, 0.5) is 5.82 Å². The Kier molecular flexibility index (Phi) is 4.86. The van der Waals surface area contributed by atoms with Crippen molar-refractivity contribution in [3.8, 4) is 0 Å². The van der Waals surface area contributed by atoms with E-state index in [1.165, 1.54) is 6.20 Å². The summed E-state index contributed by atoms with van der Waals surface area (Å²) in [6, 6.07) is 0.0281. The molecule has 1 heterocycles. The first-order valence-corrected chi connectivity index (χ1v) is 6.06. The van der Waals surface area contributed by atoms with Crippen LogP contribution in [-0.2, 0) is 0 Å². The highest BCUT2D eigenvalue weighted by Gasteiger charge is 2.28. The molecule has 0 saturated carbocycles. The van der Waals surface area contributed by atoms with Crippen LogP contribution in [-0.4, -0.2) is 38.5 Å². The summed E-state index contributed by atoms with van der Waals surface area (Å²) in [5.41, 5.74) is -1.17. The smallest absolute Gasteiger partial charge is 0.293 e. The molecule has 6 heteroatoms. The number of aliphatic hydroxyl groups excluding tert-OH is 2. The molecule has 1 aromatic rings. The van der Waals surface area contributed by atoms with Gasteiger partial charge in [0.05, 0.1) is 18.8 Å². The van der Waals surface area contributed by atoms with Gasteiger partial charge in [-0.15, -0.1) is 0 Å². The van der Waals surface area contributed by atoms with Gasteiger partial charge in [0.1, 0.15) is 0 Å². The molecule has 0 saturated heterocycles. The van der Waals surface area contributed by atoms with Crippen molar-refractivity contribution >= 4 is 5.82 Å². The fraction of sp³-hybridized carbons (Fsp3) is 0.667. The minimum atomic E-state index is -0.914. The summed E-state index contributed by atoms with van der Waals surface area (Å²) in [5, 5.41) is 21.6. The number of hydrogen-bond donors (Lipinski definition) is 3. The van der Waals surface area contributed by atoms with E-state index in [9.17, 15) is 15.0 Å². The molecule has 0 aliphatic heterocycles. The maximum absolute atomic E-state index is 12.1. The molecule has 0 fully saturated rings. The molecular formula is C12H21N3O3. The molecular weight excluding hydrogens is 234 g/mol. The fourth-order valence-electron chi connectivity index (χ4n) is 1.61. The summed E-state index contributed by atoms with van der Waals surface area (Å²) in [7, 11) is 0. The average molecular weight is 255 g/mol. The summed E-state index contributed by atoms with van der Waals surface area (Å²) in [4.78, 5) is 16.1. The summed E-state index contributed by atoms with van der Waals surface area (Å²) in [6.45, 7) is 5.09. The van der Waals surface area contributed by atoms with Crippen LogP contribution in [0.2, 0.25) is 0 Å². The molecule has 0 amide bonds. The SMILES string of the molecule is CCC(CO)(CO)Nc1nccn(C(C)C)c1=O. The molecule has 18 heavy (non-hydrogen) atoms. The summed E-state index contributed by atoms with van der Waals surface area (Å²) < 4.78 is 1.55. The summed E-state index contributed by atoms with van der Waals surface area (Å²) in [6.07, 6.45) is 3.63. The highest BCUT2D eigenvalue weighted by molar-refractivity contribution is 5.35. The number of rotatable bonds is 6. The van der Waals surface area contributed by atoms with E-state index in [1.807, 2.05) is 20.8 Å². The highest BCUT2D eigenvalue weighted by atomic mass is 16.3. The van der Waals surface area contributed by atoms with E-state index in [0.717, 1.165) is 0 Å². The maximum atomic E-state index is 12.1. The molecule has 0 aliphatic rings. The monoisotopic (exact) mass is 255 g/mol. The minimum absolute atomic E-state index is 0.0281. The van der Waals surface area contributed by atoms with Gasteiger partial charge in [-0.3, -0.25) is 4.79 Å². The number of nitrogens with one attached hydrogen (secondary N) is 1. The third-order valence-electron chi connectivity index (χ3n) is 3.09. The Morgan fingerprint density at radius 2 is 2.06 bits per heavy atom. The third kappa shape index (κ3) is 2.88. The Hall–Kier alpha value is -1.40. The summed E-state index contributed by atoms with van der Waals surface area (Å²) in [5.74, 6) is 0.149. The van der Waals surface area contributed by atoms with Crippen LogP contribution in [0.25, 0.3) is 0 Å². The number of aromatic nitrogens is 2. The van der Waals surface area contributed by atoms with Crippen LogP contribution >= 0.6 is 0 Å². The van der Waals surface area contributed by atoms with Crippen molar-refractivity contribution in [3.05, 3.63) is 22.7 Å². The second kappa shape index (κ2) is 5.97. The predicted octanol–water partition coefficient (Wildman–Crippen LogP) is 0.369. The van der Waals surface area contributed by atoms with Crippen LogP contribution in [0.1, 0.15) is 33.2 Å². The average Bonchev–Trinajstić information content (AvgIpc) is 2.38. The zero-order chi connectivity index (χ0) is 13.8. The number of nitrogens with zero attached hydrogens (tertiary/aromatic N) is 2. The maximum Gasteiger partial charge on any atom is 0.293 e. The summed E-state index contributed by atoms with van der Waals surface area (Å²) >= 11 is 0. The lowest BCUT2D eigenvalue weighted by Crippen LogP contribution is -2.47. The molecule has 0 aromatic carbocycles. The van der Waals surface area contributed by atoms with Crippen molar-refractivity contribution in [1.29, 1.82) is 0 Å². The first-order chi connectivity index (χ1) is 8.49. The molecule has 6 nitrogen and oxygen atoms in total. The predicted molar refractivity (Wildman–Crippen MR) is 69.7 cm³/mol. The van der Waals surface area contributed by atoms with E-state index in [4.69, 9.17) is 0 Å². The van der Waals surface area contributed by atoms with E-state index in [0.29, 0.717) is 6.42 Å². The van der Waals surface area contributed by atoms with Gasteiger partial charge in [-0.2, -0.15) is 0 Å². The Balaban J connectivity index is 3.12. The first kappa shape index (κ1) is 14.7. The van der Waals surface area contributed by atoms with Crippen molar-refractivity contribution in [1.82, 2.24) is 9.55 Å². The van der Waals surface area contributed by atoms with Crippen molar-refractivity contribution < 1.29 is 10.2 Å². The van der Waals surface area contributed by atoms with Crippen LogP contribution in [0, 0.1) is 0 Å². The second-order valence-electron chi connectivity index (χ2n) is 4.66. The van der Waals surface area contributed by atoms with Crippen LogP contribution in [0.5, 0.6) is 0 Å². The molecule has 1 aromatic heterocycles. The van der Waals surface area contributed by atoms with Gasteiger partial charge in [-0.05, 0) is 20.3 Å². The van der Waals surface area contributed by atoms with Crippen molar-refractivity contribution in [3.63, 3.8) is 0 Å². The zero-order valence-electron chi connectivity index (χ0n) is 11.1. The normalized spacial score (nSPS) is 11.9. The number of hydrogen-bond acceptors (Lipinski definition) is 5. The van der Waals surface area contributed by atoms with E-state index in [2.05, 4.69) is 10.3 Å². The van der Waals surface area contributed by atoms with Gasteiger partial charge < -0.3 is 20.1 Å². The fourth-order valence-corrected chi connectivity index (χ4v) is 1.61. The molecule has 3 N–H and O–H groups in total. The van der Waals surface area contributed by atoms with Gasteiger partial charge in [0.25, 0.3) is 5.56 Å². The lowest BCUT2D eigenvalue weighted by molar-refractivity contribution is 0.132. The Bertz CT molecular complexity index is 430. The molecule has 0 bridgehead atoms. The Morgan fingerprint density at radius 3 is 2.50 bits per heavy atom. The van der Waals surface area contributed by atoms with Crippen LogP contribution < -0.4 is 10.9 Å².